The summed E-state index contributed by atoms with van der Waals surface area (Å²) in [6, 6.07) is 0. The summed E-state index contributed by atoms with van der Waals surface area (Å²) in [5.74, 6) is 2.74. The minimum atomic E-state index is -1.31. The van der Waals surface area contributed by atoms with Crippen LogP contribution in [0.2, 0.25) is 26.0 Å². The van der Waals surface area contributed by atoms with Crippen molar-refractivity contribution in [1.82, 2.24) is 0 Å². The van der Waals surface area contributed by atoms with Crippen molar-refractivity contribution in [2.45, 2.75) is 26.0 Å². The molecule has 0 aromatic carbocycles. The van der Waals surface area contributed by atoms with Crippen LogP contribution in [0.25, 0.3) is 0 Å². The van der Waals surface area contributed by atoms with Crippen LogP contribution in [0.15, 0.2) is 0 Å². The van der Waals surface area contributed by atoms with Crippen LogP contribution in [-0.4, -0.2) is 25.2 Å². The Morgan fingerprint density at radius 3 is 2.10 bits per heavy atom. The van der Waals surface area contributed by atoms with Crippen LogP contribution in [0.1, 0.15) is 0 Å². The molecule has 0 radical (unpaired) electrons. The molecule has 0 unspecified atom stereocenters. The lowest BCUT2D eigenvalue weighted by Crippen LogP contribution is -2.17. The van der Waals surface area contributed by atoms with Gasteiger partial charge in [0.2, 0.25) is 0 Å². The highest BCUT2D eigenvalue weighted by molar-refractivity contribution is 6.83. The second kappa shape index (κ2) is 3.82. The molecule has 0 atom stereocenters. The first-order valence-electron chi connectivity index (χ1n) is 3.28. The quantitative estimate of drug-likeness (QED) is 0.424. The molecule has 0 spiro atoms. The standard InChI is InChI=1S/C6H13BO2Si/c1-10(2,3)6-4-5-7(8)9/h8-9H,5H2,1-3H3. The van der Waals surface area contributed by atoms with Crippen molar-refractivity contribution < 1.29 is 10.0 Å². The Bertz CT molecular complexity index is 151. The molecule has 0 saturated carbocycles. The van der Waals surface area contributed by atoms with E-state index in [9.17, 15) is 0 Å². The van der Waals surface area contributed by atoms with Crippen molar-refractivity contribution in [2.24, 2.45) is 0 Å². The minimum absolute atomic E-state index is 0.171. The first kappa shape index (κ1) is 9.76. The zero-order valence-corrected chi connectivity index (χ0v) is 7.68. The normalized spacial score (nSPS) is 10.1. The van der Waals surface area contributed by atoms with Crippen molar-refractivity contribution >= 4 is 15.2 Å². The Balaban J connectivity index is 3.71. The molecule has 2 N–H and O–H groups in total. The molecule has 10 heavy (non-hydrogen) atoms. The van der Waals surface area contributed by atoms with Gasteiger partial charge in [-0.25, -0.2) is 0 Å². The third kappa shape index (κ3) is 7.76. The third-order valence-corrected chi connectivity index (χ3v) is 1.67. The molecule has 0 aliphatic heterocycles. The Kier molecular flexibility index (Phi) is 3.72. The Morgan fingerprint density at radius 1 is 1.30 bits per heavy atom. The molecule has 0 fully saturated rings. The zero-order valence-electron chi connectivity index (χ0n) is 6.68. The summed E-state index contributed by atoms with van der Waals surface area (Å²) in [5.41, 5.74) is 3.02. The van der Waals surface area contributed by atoms with Crippen LogP contribution in [-0.2, 0) is 0 Å². The highest BCUT2D eigenvalue weighted by atomic mass is 28.3. The smallest absolute Gasteiger partial charge is 0.426 e. The zero-order chi connectivity index (χ0) is 8.20. The van der Waals surface area contributed by atoms with Gasteiger partial charge in [-0.15, -0.1) is 11.5 Å². The van der Waals surface area contributed by atoms with E-state index in [1.807, 2.05) is 0 Å². The maximum absolute atomic E-state index is 8.42. The topological polar surface area (TPSA) is 40.5 Å². The van der Waals surface area contributed by atoms with Gasteiger partial charge >= 0.3 is 7.12 Å². The van der Waals surface area contributed by atoms with Crippen LogP contribution in [0.3, 0.4) is 0 Å². The van der Waals surface area contributed by atoms with Crippen molar-refractivity contribution in [3.63, 3.8) is 0 Å². The van der Waals surface area contributed by atoms with E-state index >= 15 is 0 Å². The summed E-state index contributed by atoms with van der Waals surface area (Å²) in [4.78, 5) is 0. The fraction of sp³-hybridized carbons (Fsp3) is 0.667. The molecule has 0 aromatic rings. The lowest BCUT2D eigenvalue weighted by molar-refractivity contribution is 0.412. The first-order chi connectivity index (χ1) is 4.42. The lowest BCUT2D eigenvalue weighted by Gasteiger charge is -2.02. The second-order valence-corrected chi connectivity index (χ2v) is 7.99. The van der Waals surface area contributed by atoms with E-state index in [0.29, 0.717) is 0 Å². The van der Waals surface area contributed by atoms with E-state index in [1.54, 1.807) is 0 Å². The maximum atomic E-state index is 8.42. The molecule has 0 aromatic heterocycles. The van der Waals surface area contributed by atoms with Crippen LogP contribution >= 0.6 is 0 Å². The monoisotopic (exact) mass is 156 g/mol. The second-order valence-electron chi connectivity index (χ2n) is 3.24. The molecule has 0 rings (SSSR count). The summed E-state index contributed by atoms with van der Waals surface area (Å²) >= 11 is 0. The minimum Gasteiger partial charge on any atom is -0.426 e. The number of rotatable bonds is 1. The van der Waals surface area contributed by atoms with E-state index in [4.69, 9.17) is 10.0 Å². The molecule has 2 nitrogen and oxygen atoms in total. The highest BCUT2D eigenvalue weighted by Gasteiger charge is 2.08. The predicted octanol–water partition coefficient (Wildman–Crippen LogP) is 0.340. The molecule has 0 aliphatic carbocycles. The fourth-order valence-corrected chi connectivity index (χ4v) is 1.04. The number of hydrogen-bond donors (Lipinski definition) is 2. The van der Waals surface area contributed by atoms with Gasteiger partial charge < -0.3 is 10.0 Å². The van der Waals surface area contributed by atoms with Crippen LogP contribution in [0.5, 0.6) is 0 Å². The maximum Gasteiger partial charge on any atom is 0.464 e. The van der Waals surface area contributed by atoms with Gasteiger partial charge in [0.1, 0.15) is 8.07 Å². The van der Waals surface area contributed by atoms with Gasteiger partial charge in [0, 0.05) is 6.32 Å². The molecule has 0 bridgehead atoms. The van der Waals surface area contributed by atoms with Gasteiger partial charge in [-0.05, 0) is 0 Å². The third-order valence-electron chi connectivity index (χ3n) is 0.748. The van der Waals surface area contributed by atoms with Crippen LogP contribution < -0.4 is 0 Å². The van der Waals surface area contributed by atoms with Gasteiger partial charge in [-0.1, -0.05) is 19.6 Å². The molecule has 0 aliphatic rings. The van der Waals surface area contributed by atoms with Gasteiger partial charge in [0.05, 0.1) is 0 Å². The highest BCUT2D eigenvalue weighted by Crippen LogP contribution is 1.96. The van der Waals surface area contributed by atoms with Crippen LogP contribution in [0.4, 0.5) is 0 Å². The summed E-state index contributed by atoms with van der Waals surface area (Å²) in [6.45, 7) is 6.34. The molecule has 0 saturated heterocycles. The summed E-state index contributed by atoms with van der Waals surface area (Å²) < 4.78 is 0. The Labute approximate surface area is 63.4 Å². The number of hydrogen-bond acceptors (Lipinski definition) is 2. The molecule has 0 amide bonds. The van der Waals surface area contributed by atoms with Gasteiger partial charge in [0.25, 0.3) is 0 Å². The van der Waals surface area contributed by atoms with E-state index in [1.165, 1.54) is 0 Å². The van der Waals surface area contributed by atoms with Crippen molar-refractivity contribution in [1.29, 1.82) is 0 Å². The Hall–Kier alpha value is -0.238. The van der Waals surface area contributed by atoms with E-state index in [-0.39, 0.29) is 6.32 Å². The SMILES string of the molecule is C[Si](C)(C)C#CCB(O)O. The van der Waals surface area contributed by atoms with Crippen molar-refractivity contribution in [3.05, 3.63) is 0 Å². The van der Waals surface area contributed by atoms with Crippen LogP contribution in [0, 0.1) is 11.5 Å². The van der Waals surface area contributed by atoms with E-state index in [0.717, 1.165) is 0 Å². The van der Waals surface area contributed by atoms with Gasteiger partial charge in [-0.3, -0.25) is 0 Å². The lowest BCUT2D eigenvalue weighted by atomic mass is 9.87. The molecular weight excluding hydrogens is 143 g/mol. The van der Waals surface area contributed by atoms with Crippen molar-refractivity contribution in [3.8, 4) is 11.5 Å². The first-order valence-corrected chi connectivity index (χ1v) is 6.78. The van der Waals surface area contributed by atoms with Crippen molar-refractivity contribution in [2.75, 3.05) is 0 Å². The fourth-order valence-electron chi connectivity index (χ4n) is 0.407. The van der Waals surface area contributed by atoms with Gasteiger partial charge in [-0.2, -0.15) is 0 Å². The molecule has 0 heterocycles. The van der Waals surface area contributed by atoms with E-state index in [2.05, 4.69) is 31.1 Å². The molecule has 4 heteroatoms. The largest absolute Gasteiger partial charge is 0.464 e. The predicted molar refractivity (Wildman–Crippen MR) is 46.1 cm³/mol. The average Bonchev–Trinajstić information content (AvgIpc) is 1.59. The summed E-state index contributed by atoms with van der Waals surface area (Å²) in [5, 5.41) is 16.8. The van der Waals surface area contributed by atoms with Gasteiger partial charge in [0.15, 0.2) is 0 Å². The summed E-state index contributed by atoms with van der Waals surface area (Å²) in [7, 11) is -2.58. The Morgan fingerprint density at radius 2 is 1.80 bits per heavy atom. The average molecular weight is 156 g/mol. The van der Waals surface area contributed by atoms with E-state index < -0.39 is 15.2 Å². The summed E-state index contributed by atoms with van der Waals surface area (Å²) in [6.07, 6.45) is 0.171. The molecule has 56 valence electrons. The molecular formula is C6H13BO2Si.